The third-order valence-electron chi connectivity index (χ3n) is 3.60. The third kappa shape index (κ3) is 15.1. The molecule has 33 heavy (non-hydrogen) atoms. The molecule has 6 N–H and O–H groups in total. The van der Waals surface area contributed by atoms with Gasteiger partial charge in [-0.25, -0.2) is 14.4 Å². The van der Waals surface area contributed by atoms with Crippen LogP contribution in [0.4, 0.5) is 9.59 Å². The SMILES string of the molecule is CC(C)(C)OC(=O)N[C@@H](CCC(N)=O)C(=O)NC(=O)CC[C@@H](NC(=O)OC(C)(C)C)C(=O)O. The highest BCUT2D eigenvalue weighted by Gasteiger charge is 2.28. The van der Waals surface area contributed by atoms with Gasteiger partial charge in [0.2, 0.25) is 17.7 Å². The summed E-state index contributed by atoms with van der Waals surface area (Å²) in [7, 11) is 0. The lowest BCUT2D eigenvalue weighted by atomic mass is 10.1. The van der Waals surface area contributed by atoms with Crippen LogP contribution in [0, 0.1) is 0 Å². The van der Waals surface area contributed by atoms with Crippen molar-refractivity contribution < 1.29 is 43.3 Å². The number of alkyl carbamates (subject to hydrolysis) is 2. The number of carboxylic acids is 1. The van der Waals surface area contributed by atoms with Crippen molar-refractivity contribution in [2.75, 3.05) is 0 Å². The summed E-state index contributed by atoms with van der Waals surface area (Å²) < 4.78 is 10.0. The molecule has 0 radical (unpaired) electrons. The van der Waals surface area contributed by atoms with Gasteiger partial charge in [0.15, 0.2) is 0 Å². The molecular weight excluding hydrogens is 440 g/mol. The van der Waals surface area contributed by atoms with Gasteiger partial charge in [-0.15, -0.1) is 0 Å². The Morgan fingerprint density at radius 2 is 1.21 bits per heavy atom. The summed E-state index contributed by atoms with van der Waals surface area (Å²) in [5, 5.41) is 15.7. The van der Waals surface area contributed by atoms with E-state index in [-0.39, 0.29) is 19.3 Å². The Bertz CT molecular complexity index is 754. The van der Waals surface area contributed by atoms with E-state index >= 15 is 0 Å². The topological polar surface area (TPSA) is 203 Å². The number of imide groups is 1. The molecule has 0 saturated heterocycles. The maximum Gasteiger partial charge on any atom is 0.408 e. The number of nitrogens with one attached hydrogen (secondary N) is 3. The summed E-state index contributed by atoms with van der Waals surface area (Å²) in [5.74, 6) is -3.90. The molecule has 0 heterocycles. The average molecular weight is 475 g/mol. The lowest BCUT2D eigenvalue weighted by Crippen LogP contribution is -2.50. The molecule has 0 aliphatic carbocycles. The van der Waals surface area contributed by atoms with E-state index < -0.39 is 65.6 Å². The Hall–Kier alpha value is -3.38. The lowest BCUT2D eigenvalue weighted by molar-refractivity contribution is -0.139. The molecule has 0 rings (SSSR count). The average Bonchev–Trinajstić information content (AvgIpc) is 2.58. The number of hydrogen-bond acceptors (Lipinski definition) is 8. The zero-order valence-electron chi connectivity index (χ0n) is 19.8. The van der Waals surface area contributed by atoms with Crippen molar-refractivity contribution in [3.8, 4) is 0 Å². The Morgan fingerprint density at radius 1 is 0.788 bits per heavy atom. The summed E-state index contributed by atoms with van der Waals surface area (Å²) >= 11 is 0. The number of rotatable bonds is 10. The van der Waals surface area contributed by atoms with Gasteiger partial charge in [0.05, 0.1) is 0 Å². The number of carbonyl (C=O) groups is 6. The first-order valence-corrected chi connectivity index (χ1v) is 10.2. The standard InChI is InChI=1S/C20H34N4O9/c1-19(2,3)32-17(30)22-11(7-9-13(21)25)15(27)24-14(26)10-8-12(16(28)29)23-18(31)33-20(4,5)6/h11-12H,7-10H2,1-6H3,(H2,21,25)(H,22,30)(H,23,31)(H,28,29)(H,24,26,27)/t11-,12+/m0/s1. The van der Waals surface area contributed by atoms with Crippen LogP contribution in [-0.2, 0) is 28.7 Å². The predicted octanol–water partition coefficient (Wildman–Crippen LogP) is 0.546. The third-order valence-corrected chi connectivity index (χ3v) is 3.60. The van der Waals surface area contributed by atoms with Crippen LogP contribution in [0.15, 0.2) is 0 Å². The Labute approximate surface area is 192 Å². The number of carbonyl (C=O) groups excluding carboxylic acids is 5. The molecule has 0 fully saturated rings. The first-order valence-electron chi connectivity index (χ1n) is 10.2. The van der Waals surface area contributed by atoms with Crippen molar-refractivity contribution in [2.24, 2.45) is 5.73 Å². The van der Waals surface area contributed by atoms with E-state index in [0.717, 1.165) is 0 Å². The van der Waals surface area contributed by atoms with Crippen LogP contribution in [0.5, 0.6) is 0 Å². The maximum absolute atomic E-state index is 12.4. The highest BCUT2D eigenvalue weighted by atomic mass is 16.6. The number of ether oxygens (including phenoxy) is 2. The van der Waals surface area contributed by atoms with Gasteiger partial charge >= 0.3 is 18.2 Å². The van der Waals surface area contributed by atoms with E-state index in [1.165, 1.54) is 0 Å². The predicted molar refractivity (Wildman–Crippen MR) is 115 cm³/mol. The minimum absolute atomic E-state index is 0.189. The maximum atomic E-state index is 12.4. The van der Waals surface area contributed by atoms with E-state index in [4.69, 9.17) is 15.2 Å². The van der Waals surface area contributed by atoms with Crippen LogP contribution in [0.2, 0.25) is 0 Å². The Kier molecular flexibility index (Phi) is 11.3. The largest absolute Gasteiger partial charge is 0.480 e. The molecule has 13 nitrogen and oxygen atoms in total. The Balaban J connectivity index is 4.97. The van der Waals surface area contributed by atoms with Gasteiger partial charge in [0, 0.05) is 12.8 Å². The van der Waals surface area contributed by atoms with E-state index in [1.54, 1.807) is 41.5 Å². The van der Waals surface area contributed by atoms with Crippen LogP contribution in [0.1, 0.15) is 67.2 Å². The van der Waals surface area contributed by atoms with Crippen molar-refractivity contribution in [1.29, 1.82) is 0 Å². The molecule has 0 bridgehead atoms. The normalized spacial score (nSPS) is 13.2. The van der Waals surface area contributed by atoms with Crippen LogP contribution in [-0.4, -0.2) is 64.3 Å². The molecule has 0 aliphatic heterocycles. The molecule has 5 amide bonds. The lowest BCUT2D eigenvalue weighted by Gasteiger charge is -2.23. The zero-order valence-corrected chi connectivity index (χ0v) is 19.8. The summed E-state index contributed by atoms with van der Waals surface area (Å²) in [6, 6.07) is -2.74. The smallest absolute Gasteiger partial charge is 0.408 e. The number of carboxylic acid groups (broad SMARTS) is 1. The monoisotopic (exact) mass is 474 g/mol. The molecule has 0 aromatic rings. The fraction of sp³-hybridized carbons (Fsp3) is 0.700. The first-order chi connectivity index (χ1) is 14.9. The minimum Gasteiger partial charge on any atom is -0.480 e. The van der Waals surface area contributed by atoms with E-state index in [9.17, 15) is 33.9 Å². The second-order valence-electron chi connectivity index (χ2n) is 9.19. The van der Waals surface area contributed by atoms with Gasteiger partial charge in [-0.05, 0) is 54.4 Å². The molecule has 0 aromatic heterocycles. The van der Waals surface area contributed by atoms with Crippen molar-refractivity contribution in [3.63, 3.8) is 0 Å². The van der Waals surface area contributed by atoms with E-state index in [2.05, 4.69) is 10.6 Å². The first kappa shape index (κ1) is 29.6. The second kappa shape index (κ2) is 12.6. The molecule has 13 heteroatoms. The van der Waals surface area contributed by atoms with Crippen LogP contribution < -0.4 is 21.7 Å². The van der Waals surface area contributed by atoms with Crippen molar-refractivity contribution >= 4 is 35.9 Å². The summed E-state index contributed by atoms with van der Waals surface area (Å²) in [5.41, 5.74) is 3.38. The van der Waals surface area contributed by atoms with Gasteiger partial charge in [-0.1, -0.05) is 0 Å². The van der Waals surface area contributed by atoms with E-state index in [1.807, 2.05) is 5.32 Å². The highest BCUT2D eigenvalue weighted by molar-refractivity contribution is 5.99. The molecule has 2 atom stereocenters. The summed E-state index contributed by atoms with van der Waals surface area (Å²) in [6.07, 6.45) is -3.12. The molecule has 188 valence electrons. The molecule has 0 saturated carbocycles. The van der Waals surface area contributed by atoms with Gasteiger partial charge in [0.1, 0.15) is 23.3 Å². The molecule has 0 unspecified atom stereocenters. The quantitative estimate of drug-likeness (QED) is 0.299. The van der Waals surface area contributed by atoms with Crippen LogP contribution in [0.3, 0.4) is 0 Å². The fourth-order valence-corrected chi connectivity index (χ4v) is 2.27. The van der Waals surface area contributed by atoms with Gasteiger partial charge in [0.25, 0.3) is 0 Å². The summed E-state index contributed by atoms with van der Waals surface area (Å²) in [4.78, 5) is 70.7. The minimum atomic E-state index is -1.44. The van der Waals surface area contributed by atoms with Gasteiger partial charge < -0.3 is 30.9 Å². The van der Waals surface area contributed by atoms with Crippen LogP contribution in [0.25, 0.3) is 0 Å². The Morgan fingerprint density at radius 3 is 1.61 bits per heavy atom. The number of amides is 5. The molecule has 0 aliphatic rings. The number of aliphatic carboxylic acids is 1. The number of hydrogen-bond donors (Lipinski definition) is 5. The van der Waals surface area contributed by atoms with Crippen molar-refractivity contribution in [1.82, 2.24) is 16.0 Å². The van der Waals surface area contributed by atoms with Crippen molar-refractivity contribution in [2.45, 2.75) is 90.5 Å². The van der Waals surface area contributed by atoms with E-state index in [0.29, 0.717) is 0 Å². The van der Waals surface area contributed by atoms with Gasteiger partial charge in [-0.2, -0.15) is 0 Å². The number of primary amides is 1. The zero-order chi connectivity index (χ0) is 26.0. The van der Waals surface area contributed by atoms with Gasteiger partial charge in [-0.3, -0.25) is 19.7 Å². The highest BCUT2D eigenvalue weighted by Crippen LogP contribution is 2.09. The number of nitrogens with two attached hydrogens (primary N) is 1. The summed E-state index contributed by atoms with van der Waals surface area (Å²) in [6.45, 7) is 9.63. The molecule has 0 aromatic carbocycles. The molecule has 0 spiro atoms. The van der Waals surface area contributed by atoms with Crippen LogP contribution >= 0.6 is 0 Å². The second-order valence-corrected chi connectivity index (χ2v) is 9.19. The van der Waals surface area contributed by atoms with Crippen molar-refractivity contribution in [3.05, 3.63) is 0 Å². The molecular formula is C20H34N4O9. The fourth-order valence-electron chi connectivity index (χ4n) is 2.27.